The van der Waals surface area contributed by atoms with E-state index in [-0.39, 0.29) is 16.7 Å². The van der Waals surface area contributed by atoms with Crippen molar-refractivity contribution >= 4 is 44.0 Å². The minimum absolute atomic E-state index is 0.123. The minimum Gasteiger partial charge on any atom is -0.300 e. The van der Waals surface area contributed by atoms with Crippen molar-refractivity contribution in [3.8, 4) is 0 Å². The van der Waals surface area contributed by atoms with Gasteiger partial charge < -0.3 is 5.32 Å². The number of benzene rings is 1. The highest BCUT2D eigenvalue weighted by Gasteiger charge is 2.32. The number of unbranched alkanes of at least 4 members (excludes halogenated alkanes) is 1. The molecule has 0 spiro atoms. The van der Waals surface area contributed by atoms with Gasteiger partial charge in [0.15, 0.2) is 0 Å². The number of halogens is 1. The van der Waals surface area contributed by atoms with Crippen LogP contribution < -0.4 is 5.32 Å². The van der Waals surface area contributed by atoms with E-state index in [0.717, 1.165) is 24.3 Å². The zero-order valence-corrected chi connectivity index (χ0v) is 18.0. The molecule has 2 aromatic rings. The van der Waals surface area contributed by atoms with Gasteiger partial charge in [-0.2, -0.15) is 4.31 Å². The molecule has 1 N–H and O–H groups in total. The average molecular weight is 443 g/mol. The molecule has 0 aliphatic carbocycles. The Morgan fingerprint density at radius 2 is 1.93 bits per heavy atom. The van der Waals surface area contributed by atoms with Crippen LogP contribution in [-0.2, 0) is 21.2 Å². The normalized spacial score (nSPS) is 16.2. The lowest BCUT2D eigenvalue weighted by molar-refractivity contribution is -0.120. The fourth-order valence-corrected chi connectivity index (χ4v) is 5.43. The van der Waals surface area contributed by atoms with Crippen LogP contribution >= 0.6 is 22.9 Å². The predicted octanol–water partition coefficient (Wildman–Crippen LogP) is 3.57. The maximum atomic E-state index is 12.7. The maximum Gasteiger partial charge on any atom is 0.243 e. The quantitative estimate of drug-likeness (QED) is 0.707. The maximum absolute atomic E-state index is 12.7. The molecule has 1 saturated heterocycles. The Balaban J connectivity index is 1.55. The molecule has 0 unspecified atom stereocenters. The standard InChI is InChI=1S/C18H23ClN4O3S2/c1-2-3-4-16-21-22-18(27-16)20-17(24)13-9-11-23(12-10-13)28(25,26)15-7-5-14(19)6-8-15/h5-8,13H,2-4,9-12H2,1H3,(H,20,22,24). The van der Waals surface area contributed by atoms with Crippen LogP contribution in [0.15, 0.2) is 29.2 Å². The van der Waals surface area contributed by atoms with E-state index in [1.807, 2.05) is 0 Å². The molecule has 2 heterocycles. The van der Waals surface area contributed by atoms with Gasteiger partial charge >= 0.3 is 0 Å². The van der Waals surface area contributed by atoms with E-state index in [2.05, 4.69) is 22.4 Å². The molecule has 1 aliphatic heterocycles. The Labute approximate surface area is 174 Å². The van der Waals surface area contributed by atoms with Crippen molar-refractivity contribution < 1.29 is 13.2 Å². The topological polar surface area (TPSA) is 92.3 Å². The summed E-state index contributed by atoms with van der Waals surface area (Å²) in [6, 6.07) is 6.13. The summed E-state index contributed by atoms with van der Waals surface area (Å²) in [5.74, 6) is -0.360. The van der Waals surface area contributed by atoms with Crippen LogP contribution in [0.5, 0.6) is 0 Å². The van der Waals surface area contributed by atoms with Crippen molar-refractivity contribution in [1.29, 1.82) is 0 Å². The molecule has 152 valence electrons. The lowest BCUT2D eigenvalue weighted by atomic mass is 9.97. The number of carbonyl (C=O) groups is 1. The van der Waals surface area contributed by atoms with Crippen molar-refractivity contribution in [3.05, 3.63) is 34.3 Å². The number of hydrogen-bond donors (Lipinski definition) is 1. The third-order valence-electron chi connectivity index (χ3n) is 4.72. The van der Waals surface area contributed by atoms with Gasteiger partial charge in [0.1, 0.15) is 5.01 Å². The number of carbonyl (C=O) groups excluding carboxylic acids is 1. The SMILES string of the molecule is CCCCc1nnc(NC(=O)C2CCN(S(=O)(=O)c3ccc(Cl)cc3)CC2)s1. The smallest absolute Gasteiger partial charge is 0.243 e. The van der Waals surface area contributed by atoms with Gasteiger partial charge in [-0.05, 0) is 43.5 Å². The fourth-order valence-electron chi connectivity index (χ4n) is 3.05. The van der Waals surface area contributed by atoms with Crippen LogP contribution in [0.3, 0.4) is 0 Å². The Morgan fingerprint density at radius 3 is 2.57 bits per heavy atom. The number of anilines is 1. The van der Waals surface area contributed by atoms with Crippen LogP contribution in [0.4, 0.5) is 5.13 Å². The highest BCUT2D eigenvalue weighted by Crippen LogP contribution is 2.26. The zero-order chi connectivity index (χ0) is 20.1. The van der Waals surface area contributed by atoms with Gasteiger partial charge in [0.25, 0.3) is 0 Å². The lowest BCUT2D eigenvalue weighted by Gasteiger charge is -2.30. The van der Waals surface area contributed by atoms with Gasteiger partial charge in [-0.25, -0.2) is 8.42 Å². The Kier molecular flexibility index (Phi) is 7.03. The third-order valence-corrected chi connectivity index (χ3v) is 7.78. The van der Waals surface area contributed by atoms with Crippen molar-refractivity contribution in [1.82, 2.24) is 14.5 Å². The van der Waals surface area contributed by atoms with Gasteiger partial charge in [-0.1, -0.05) is 36.3 Å². The first-order valence-corrected chi connectivity index (χ1v) is 11.9. The first kappa shape index (κ1) is 21.2. The fraction of sp³-hybridized carbons (Fsp3) is 0.500. The zero-order valence-electron chi connectivity index (χ0n) is 15.6. The molecule has 0 bridgehead atoms. The van der Waals surface area contributed by atoms with Crippen molar-refractivity contribution in [2.24, 2.45) is 5.92 Å². The average Bonchev–Trinajstić information content (AvgIpc) is 3.14. The Bertz CT molecular complexity index is 907. The van der Waals surface area contributed by atoms with E-state index < -0.39 is 10.0 Å². The van der Waals surface area contributed by atoms with E-state index in [1.165, 1.54) is 27.8 Å². The second-order valence-electron chi connectivity index (χ2n) is 6.73. The summed E-state index contributed by atoms with van der Waals surface area (Å²) in [6.45, 7) is 2.73. The number of sulfonamides is 1. The van der Waals surface area contributed by atoms with E-state index in [4.69, 9.17) is 11.6 Å². The van der Waals surface area contributed by atoms with Crippen LogP contribution in [0, 0.1) is 5.92 Å². The molecular weight excluding hydrogens is 420 g/mol. The van der Waals surface area contributed by atoms with Crippen LogP contribution in [0.25, 0.3) is 0 Å². The van der Waals surface area contributed by atoms with E-state index in [9.17, 15) is 13.2 Å². The first-order chi connectivity index (χ1) is 13.4. The molecule has 28 heavy (non-hydrogen) atoms. The molecule has 1 aliphatic rings. The molecule has 1 aromatic heterocycles. The summed E-state index contributed by atoms with van der Waals surface area (Å²) in [5.41, 5.74) is 0. The summed E-state index contributed by atoms with van der Waals surface area (Å²) in [6.07, 6.45) is 3.94. The number of hydrogen-bond acceptors (Lipinski definition) is 6. The molecule has 0 radical (unpaired) electrons. The Hall–Kier alpha value is -1.55. The largest absolute Gasteiger partial charge is 0.300 e. The third kappa shape index (κ3) is 5.08. The lowest BCUT2D eigenvalue weighted by Crippen LogP contribution is -2.41. The second-order valence-corrected chi connectivity index (χ2v) is 10.2. The van der Waals surface area contributed by atoms with Crippen LogP contribution in [0.2, 0.25) is 5.02 Å². The molecular formula is C18H23ClN4O3S2. The van der Waals surface area contributed by atoms with Crippen LogP contribution in [-0.4, -0.2) is 41.9 Å². The molecule has 1 amide bonds. The molecule has 0 atom stereocenters. The number of aromatic nitrogens is 2. The van der Waals surface area contributed by atoms with E-state index >= 15 is 0 Å². The summed E-state index contributed by atoms with van der Waals surface area (Å²) in [7, 11) is -3.57. The van der Waals surface area contributed by atoms with E-state index in [0.29, 0.717) is 36.1 Å². The minimum atomic E-state index is -3.57. The molecule has 3 rings (SSSR count). The van der Waals surface area contributed by atoms with Crippen molar-refractivity contribution in [2.75, 3.05) is 18.4 Å². The summed E-state index contributed by atoms with van der Waals surface area (Å²) in [4.78, 5) is 12.7. The monoisotopic (exact) mass is 442 g/mol. The molecule has 0 saturated carbocycles. The van der Waals surface area contributed by atoms with Gasteiger partial charge in [0.05, 0.1) is 4.90 Å². The second kappa shape index (κ2) is 9.30. The number of nitrogens with one attached hydrogen (secondary N) is 1. The summed E-state index contributed by atoms with van der Waals surface area (Å²) in [5, 5.41) is 12.9. The number of rotatable bonds is 7. The van der Waals surface area contributed by atoms with Gasteiger partial charge in [0, 0.05) is 30.5 Å². The highest BCUT2D eigenvalue weighted by atomic mass is 35.5. The van der Waals surface area contributed by atoms with Crippen molar-refractivity contribution in [3.63, 3.8) is 0 Å². The predicted molar refractivity (Wildman–Crippen MR) is 110 cm³/mol. The van der Waals surface area contributed by atoms with E-state index in [1.54, 1.807) is 12.1 Å². The van der Waals surface area contributed by atoms with Gasteiger partial charge in [-0.3, -0.25) is 4.79 Å². The number of aryl methyl sites for hydroxylation is 1. The molecule has 7 nitrogen and oxygen atoms in total. The number of amides is 1. The molecule has 1 fully saturated rings. The first-order valence-electron chi connectivity index (χ1n) is 9.29. The molecule has 10 heteroatoms. The van der Waals surface area contributed by atoms with Gasteiger partial charge in [-0.15, -0.1) is 10.2 Å². The Morgan fingerprint density at radius 1 is 1.25 bits per heavy atom. The van der Waals surface area contributed by atoms with Crippen LogP contribution in [0.1, 0.15) is 37.6 Å². The number of piperidine rings is 1. The summed E-state index contributed by atoms with van der Waals surface area (Å²) < 4.78 is 26.9. The van der Waals surface area contributed by atoms with Gasteiger partial charge in [0.2, 0.25) is 21.1 Å². The molecule has 1 aromatic carbocycles. The number of nitrogens with zero attached hydrogens (tertiary/aromatic N) is 3. The highest BCUT2D eigenvalue weighted by molar-refractivity contribution is 7.89. The summed E-state index contributed by atoms with van der Waals surface area (Å²) >= 11 is 7.23. The van der Waals surface area contributed by atoms with Crippen molar-refractivity contribution in [2.45, 2.75) is 43.9 Å².